The Kier molecular flexibility index (Phi) is 6.53. The average molecular weight is 447 g/mol. The Labute approximate surface area is 185 Å². The minimum absolute atomic E-state index is 0.279. The lowest BCUT2D eigenvalue weighted by Crippen LogP contribution is -2.37. The molecule has 0 bridgehead atoms. The van der Waals surface area contributed by atoms with Crippen LogP contribution in [0.2, 0.25) is 0 Å². The number of fused-ring (bicyclic) bond motifs is 1. The molecule has 0 radical (unpaired) electrons. The highest BCUT2D eigenvalue weighted by Gasteiger charge is 2.31. The molecule has 0 saturated carbocycles. The predicted molar refractivity (Wildman–Crippen MR) is 120 cm³/mol. The summed E-state index contributed by atoms with van der Waals surface area (Å²) in [5.41, 5.74) is 4.18. The summed E-state index contributed by atoms with van der Waals surface area (Å²) in [6.07, 6.45) is 4.21. The van der Waals surface area contributed by atoms with Crippen molar-refractivity contribution in [3.8, 4) is 0 Å². The van der Waals surface area contributed by atoms with E-state index < -0.39 is 11.0 Å². The second kappa shape index (κ2) is 8.99. The molecule has 2 aromatic rings. The van der Waals surface area contributed by atoms with Crippen molar-refractivity contribution in [1.82, 2.24) is 8.87 Å². The topological polar surface area (TPSA) is 51.5 Å². The lowest BCUT2D eigenvalue weighted by molar-refractivity contribution is -0.108. The third kappa shape index (κ3) is 4.44. The Morgan fingerprint density at radius 1 is 1.20 bits per heavy atom. The van der Waals surface area contributed by atoms with Crippen LogP contribution >= 0.6 is 11.8 Å². The molecule has 0 N–H and O–H groups in total. The number of benzene rings is 1. The molecule has 1 fully saturated rings. The lowest BCUT2D eigenvalue weighted by atomic mass is 9.76. The number of carbonyl (C=O) groups excluding carboxylic acids is 1. The van der Waals surface area contributed by atoms with Crippen LogP contribution in [0, 0.1) is 12.3 Å². The molecule has 0 amide bonds. The number of nitrogens with zero attached hydrogens (tertiary/aromatic N) is 2. The molecule has 1 aromatic carbocycles. The number of hydrogen-bond acceptors (Lipinski definition) is 4. The number of hydrogen-bond donors (Lipinski definition) is 0. The van der Waals surface area contributed by atoms with Gasteiger partial charge in [-0.05, 0) is 61.4 Å². The number of aromatic nitrogens is 1. The van der Waals surface area contributed by atoms with Gasteiger partial charge in [-0.15, -0.1) is 0 Å². The van der Waals surface area contributed by atoms with Gasteiger partial charge in [0.15, 0.2) is 0 Å². The number of carbonyl (C=O) groups is 1. The summed E-state index contributed by atoms with van der Waals surface area (Å²) < 4.78 is 22.3. The van der Waals surface area contributed by atoms with E-state index >= 15 is 0 Å². The molecule has 1 aromatic heterocycles. The van der Waals surface area contributed by atoms with Crippen molar-refractivity contribution >= 4 is 29.0 Å². The fourth-order valence-corrected chi connectivity index (χ4v) is 6.62. The Balaban J connectivity index is 1.58. The van der Waals surface area contributed by atoms with E-state index in [1.807, 2.05) is 16.4 Å². The van der Waals surface area contributed by atoms with Crippen molar-refractivity contribution in [2.75, 3.05) is 26.3 Å². The van der Waals surface area contributed by atoms with E-state index in [0.29, 0.717) is 32.8 Å². The van der Waals surface area contributed by atoms with E-state index in [1.165, 1.54) is 21.8 Å². The molecule has 1 unspecified atom stereocenters. The minimum atomic E-state index is -1.14. The van der Waals surface area contributed by atoms with Crippen LogP contribution in [0.1, 0.15) is 37.2 Å². The summed E-state index contributed by atoms with van der Waals surface area (Å²) in [6.45, 7) is 9.88. The molecule has 1 aliphatic heterocycles. The normalized spacial score (nSPS) is 20.0. The van der Waals surface area contributed by atoms with E-state index in [1.54, 1.807) is 11.8 Å². The fourth-order valence-electron chi connectivity index (χ4n) is 4.39. The molecular formula is C23H30N2O3S2. The van der Waals surface area contributed by atoms with Gasteiger partial charge >= 0.3 is 0 Å². The van der Waals surface area contributed by atoms with Crippen LogP contribution in [0.4, 0.5) is 0 Å². The maximum Gasteiger partial charge on any atom is 0.139 e. The van der Waals surface area contributed by atoms with Crippen LogP contribution in [0.3, 0.4) is 0 Å². The first-order valence-corrected chi connectivity index (χ1v) is 12.5. The van der Waals surface area contributed by atoms with E-state index in [2.05, 4.69) is 37.5 Å². The quantitative estimate of drug-likeness (QED) is 0.629. The summed E-state index contributed by atoms with van der Waals surface area (Å²) in [4.78, 5) is 14.5. The van der Waals surface area contributed by atoms with Gasteiger partial charge in [0.2, 0.25) is 0 Å². The Morgan fingerprint density at radius 3 is 2.57 bits per heavy atom. The Bertz CT molecular complexity index is 944. The second-order valence-electron chi connectivity index (χ2n) is 8.82. The fraction of sp³-hybridized carbons (Fsp3) is 0.522. The van der Waals surface area contributed by atoms with Crippen molar-refractivity contribution in [3.05, 3.63) is 41.2 Å². The van der Waals surface area contributed by atoms with Crippen molar-refractivity contribution in [3.63, 3.8) is 0 Å². The van der Waals surface area contributed by atoms with Gasteiger partial charge in [0.05, 0.1) is 24.7 Å². The summed E-state index contributed by atoms with van der Waals surface area (Å²) in [7, 11) is -1.14. The largest absolute Gasteiger partial charge is 0.379 e. The molecule has 0 spiro atoms. The highest BCUT2D eigenvalue weighted by molar-refractivity contribution is 7.99. The van der Waals surface area contributed by atoms with Crippen LogP contribution in [-0.4, -0.2) is 45.7 Å². The van der Waals surface area contributed by atoms with E-state index in [9.17, 15) is 9.00 Å². The van der Waals surface area contributed by atoms with Gasteiger partial charge in [-0.2, -0.15) is 0 Å². The molecule has 5 nitrogen and oxygen atoms in total. The minimum Gasteiger partial charge on any atom is -0.379 e. The molecule has 1 aliphatic carbocycles. The number of morpholine rings is 1. The van der Waals surface area contributed by atoms with Gasteiger partial charge in [0.25, 0.3) is 0 Å². The maximum atomic E-state index is 12.8. The summed E-state index contributed by atoms with van der Waals surface area (Å²) >= 11 is 1.76. The van der Waals surface area contributed by atoms with Gasteiger partial charge in [-0.3, -0.25) is 0 Å². The van der Waals surface area contributed by atoms with Crippen LogP contribution in [0.15, 0.2) is 39.0 Å². The Hall–Kier alpha value is -1.41. The van der Waals surface area contributed by atoms with Crippen molar-refractivity contribution < 1.29 is 13.7 Å². The van der Waals surface area contributed by atoms with Gasteiger partial charge in [-0.25, -0.2) is 8.51 Å². The van der Waals surface area contributed by atoms with Crippen molar-refractivity contribution in [2.24, 2.45) is 5.41 Å². The third-order valence-electron chi connectivity index (χ3n) is 6.08. The molecule has 7 heteroatoms. The van der Waals surface area contributed by atoms with E-state index in [0.717, 1.165) is 35.3 Å². The summed E-state index contributed by atoms with van der Waals surface area (Å²) in [5.74, 6) is 0. The molecule has 4 rings (SSSR count). The van der Waals surface area contributed by atoms with E-state index in [-0.39, 0.29) is 5.41 Å². The van der Waals surface area contributed by atoms with Crippen molar-refractivity contribution in [1.29, 1.82) is 0 Å². The molecule has 2 heterocycles. The monoisotopic (exact) mass is 446 g/mol. The van der Waals surface area contributed by atoms with E-state index in [4.69, 9.17) is 4.74 Å². The van der Waals surface area contributed by atoms with Crippen LogP contribution in [0.5, 0.6) is 0 Å². The zero-order valence-corrected chi connectivity index (χ0v) is 19.6. The number of rotatable bonds is 6. The molecule has 162 valence electrons. The van der Waals surface area contributed by atoms with Crippen LogP contribution in [0.25, 0.3) is 0 Å². The highest BCUT2D eigenvalue weighted by Crippen LogP contribution is 2.44. The molecular weight excluding hydrogens is 416 g/mol. The first-order chi connectivity index (χ1) is 14.4. The molecule has 30 heavy (non-hydrogen) atoms. The summed E-state index contributed by atoms with van der Waals surface area (Å²) in [5, 5.41) is 0. The number of aldehydes is 1. The zero-order chi connectivity index (χ0) is 21.3. The number of ether oxygens (including phenoxy) is 1. The average Bonchev–Trinajstić information content (AvgIpc) is 2.99. The molecule has 1 saturated heterocycles. The van der Waals surface area contributed by atoms with Crippen LogP contribution < -0.4 is 0 Å². The maximum absolute atomic E-state index is 12.8. The standard InChI is InChI=1S/C23H30N2O3S2/c1-17-22(20-16-23(2,3)9-8-21(20)25(17)10-13-26)29-18-4-6-19(7-5-18)30(27)24-11-14-28-15-12-24/h4-7,13H,8-12,14-16H2,1-3H3. The van der Waals surface area contributed by atoms with Crippen LogP contribution in [-0.2, 0) is 39.9 Å². The first-order valence-electron chi connectivity index (χ1n) is 10.6. The lowest BCUT2D eigenvalue weighted by Gasteiger charge is -2.30. The molecule has 2 aliphatic rings. The summed E-state index contributed by atoms with van der Waals surface area (Å²) in [6, 6.07) is 8.08. The molecule has 1 atom stereocenters. The smallest absolute Gasteiger partial charge is 0.139 e. The van der Waals surface area contributed by atoms with Gasteiger partial charge in [-0.1, -0.05) is 25.6 Å². The van der Waals surface area contributed by atoms with Gasteiger partial charge in [0, 0.05) is 34.3 Å². The third-order valence-corrected chi connectivity index (χ3v) is 8.85. The SMILES string of the molecule is Cc1c(Sc2ccc(S(=O)N3CCOCC3)cc2)c2c(n1CC=O)CCC(C)(C)C2. The Morgan fingerprint density at radius 2 is 1.90 bits per heavy atom. The first kappa shape index (κ1) is 21.8. The zero-order valence-electron chi connectivity index (χ0n) is 18.0. The predicted octanol–water partition coefficient (Wildman–Crippen LogP) is 4.02. The van der Waals surface area contributed by atoms with Gasteiger partial charge in [0.1, 0.15) is 17.3 Å². The second-order valence-corrected chi connectivity index (χ2v) is 11.4. The van der Waals surface area contributed by atoms with Gasteiger partial charge < -0.3 is 14.1 Å². The highest BCUT2D eigenvalue weighted by atomic mass is 32.2. The van der Waals surface area contributed by atoms with Crippen molar-refractivity contribution in [2.45, 2.75) is 61.3 Å².